The van der Waals surface area contributed by atoms with Crippen LogP contribution in [0.25, 0.3) is 32.9 Å². The van der Waals surface area contributed by atoms with Crippen molar-refractivity contribution >= 4 is 50.7 Å². The van der Waals surface area contributed by atoms with Gasteiger partial charge < -0.3 is 15.4 Å². The Kier molecular flexibility index (Phi) is 6.77. The Hall–Kier alpha value is -4.06. The van der Waals surface area contributed by atoms with Crippen molar-refractivity contribution in [3.63, 3.8) is 0 Å². The quantitative estimate of drug-likeness (QED) is 0.213. The molecule has 210 valence electrons. The molecular formula is C30H31N7O3S. The second-order valence-electron chi connectivity index (χ2n) is 10.9. The van der Waals surface area contributed by atoms with Gasteiger partial charge in [0.15, 0.2) is 5.69 Å². The number of carbonyl (C=O) groups excluding carboxylic acids is 1. The largest absolute Gasteiger partial charge is 0.477 e. The number of anilines is 1. The van der Waals surface area contributed by atoms with Crippen LogP contribution in [0.15, 0.2) is 48.8 Å². The zero-order valence-corrected chi connectivity index (χ0v) is 23.3. The normalized spacial score (nSPS) is 17.1. The van der Waals surface area contributed by atoms with E-state index in [0.29, 0.717) is 23.3 Å². The summed E-state index contributed by atoms with van der Waals surface area (Å²) in [5.41, 5.74) is 4.16. The number of aromatic nitrogens is 4. The number of hydrogen-bond donors (Lipinski definition) is 4. The predicted octanol–water partition coefficient (Wildman–Crippen LogP) is 5.18. The standard InChI is InChI=1S/C30H31N7O3S/c38-29(27-28(30(39)40)41-26(34-27)17-36-10-12-37(13-11-36)19-4-1-2-5-19)33-24-14-18(15-25-22(24)16-32-35-25)20-6-3-7-23-21(20)8-9-31-23/h3,6-9,14-16,19,31H,1-2,4-5,10-13,17H2,(H,32,35)(H,33,38)(H,39,40). The highest BCUT2D eigenvalue weighted by atomic mass is 32.1. The highest BCUT2D eigenvalue weighted by molar-refractivity contribution is 7.13. The third-order valence-electron chi connectivity index (χ3n) is 8.40. The molecule has 1 amide bonds. The Morgan fingerprint density at radius 1 is 1.05 bits per heavy atom. The molecule has 7 rings (SSSR count). The Labute approximate surface area is 240 Å². The number of piperazine rings is 1. The first kappa shape index (κ1) is 25.9. The summed E-state index contributed by atoms with van der Waals surface area (Å²) >= 11 is 1.09. The van der Waals surface area contributed by atoms with Crippen LogP contribution in [0, 0.1) is 0 Å². The molecule has 2 fully saturated rings. The lowest BCUT2D eigenvalue weighted by molar-refractivity contribution is 0.0697. The van der Waals surface area contributed by atoms with Crippen molar-refractivity contribution in [2.45, 2.75) is 38.3 Å². The Bertz CT molecular complexity index is 1740. The average molecular weight is 570 g/mol. The summed E-state index contributed by atoms with van der Waals surface area (Å²) in [7, 11) is 0. The Morgan fingerprint density at radius 3 is 2.68 bits per heavy atom. The molecule has 3 aromatic heterocycles. The SMILES string of the molecule is O=C(Nc1cc(-c2cccc3[nH]ccc23)cc2[nH]ncc12)c1nc(CN2CCN(C3CCCC3)CC2)sc1C(=O)O. The number of hydrogen-bond acceptors (Lipinski definition) is 7. The van der Waals surface area contributed by atoms with Crippen molar-refractivity contribution in [1.82, 2.24) is 30.0 Å². The molecule has 11 heteroatoms. The highest BCUT2D eigenvalue weighted by Gasteiger charge is 2.28. The van der Waals surface area contributed by atoms with Crippen LogP contribution in [-0.2, 0) is 6.54 Å². The van der Waals surface area contributed by atoms with E-state index in [1.165, 1.54) is 25.7 Å². The molecule has 4 heterocycles. The summed E-state index contributed by atoms with van der Waals surface area (Å²) in [5, 5.41) is 22.5. The number of fused-ring (bicyclic) bond motifs is 2. The van der Waals surface area contributed by atoms with Crippen LogP contribution in [0.4, 0.5) is 5.69 Å². The van der Waals surface area contributed by atoms with Gasteiger partial charge in [0.1, 0.15) is 9.88 Å². The van der Waals surface area contributed by atoms with E-state index in [-0.39, 0.29) is 10.6 Å². The maximum atomic E-state index is 13.5. The second-order valence-corrected chi connectivity index (χ2v) is 12.0. The van der Waals surface area contributed by atoms with Gasteiger partial charge in [0.2, 0.25) is 0 Å². The van der Waals surface area contributed by atoms with Crippen LogP contribution in [0.3, 0.4) is 0 Å². The molecule has 1 saturated carbocycles. The Balaban J connectivity index is 1.13. The molecule has 1 aliphatic heterocycles. The molecular weight excluding hydrogens is 538 g/mol. The van der Waals surface area contributed by atoms with Crippen molar-refractivity contribution in [3.8, 4) is 11.1 Å². The lowest BCUT2D eigenvalue weighted by atomic mass is 9.99. The second kappa shape index (κ2) is 10.7. The summed E-state index contributed by atoms with van der Waals surface area (Å²) in [4.78, 5) is 38.3. The molecule has 4 N–H and O–H groups in total. The third-order valence-corrected chi connectivity index (χ3v) is 9.43. The number of rotatable bonds is 7. The number of aromatic carboxylic acids is 1. The summed E-state index contributed by atoms with van der Waals surface area (Å²) < 4.78 is 0. The smallest absolute Gasteiger partial charge is 0.348 e. The van der Waals surface area contributed by atoms with Gasteiger partial charge in [-0.2, -0.15) is 5.10 Å². The predicted molar refractivity (Wildman–Crippen MR) is 160 cm³/mol. The van der Waals surface area contributed by atoms with E-state index in [2.05, 4.69) is 35.3 Å². The number of benzene rings is 2. The van der Waals surface area contributed by atoms with Crippen molar-refractivity contribution in [2.24, 2.45) is 0 Å². The van der Waals surface area contributed by atoms with Gasteiger partial charge in [0.25, 0.3) is 5.91 Å². The maximum absolute atomic E-state index is 13.5. The first-order valence-electron chi connectivity index (χ1n) is 14.1. The summed E-state index contributed by atoms with van der Waals surface area (Å²) in [6, 6.07) is 12.6. The topological polar surface area (TPSA) is 130 Å². The van der Waals surface area contributed by atoms with E-state index in [1.807, 2.05) is 42.6 Å². The molecule has 2 aliphatic rings. The van der Waals surface area contributed by atoms with Crippen LogP contribution < -0.4 is 5.32 Å². The number of thiazole rings is 1. The first-order chi connectivity index (χ1) is 20.0. The summed E-state index contributed by atoms with van der Waals surface area (Å²) in [6.45, 7) is 4.41. The van der Waals surface area contributed by atoms with E-state index in [1.54, 1.807) is 6.20 Å². The molecule has 5 aromatic rings. The van der Waals surface area contributed by atoms with Crippen molar-refractivity contribution in [3.05, 3.63) is 64.4 Å². The van der Waals surface area contributed by atoms with Crippen LogP contribution in [0.2, 0.25) is 0 Å². The molecule has 0 radical (unpaired) electrons. The van der Waals surface area contributed by atoms with Gasteiger partial charge in [-0.15, -0.1) is 11.3 Å². The van der Waals surface area contributed by atoms with Gasteiger partial charge in [-0.25, -0.2) is 9.78 Å². The van der Waals surface area contributed by atoms with Crippen molar-refractivity contribution in [2.75, 3.05) is 31.5 Å². The molecule has 0 bridgehead atoms. The van der Waals surface area contributed by atoms with Gasteiger partial charge in [-0.05, 0) is 48.2 Å². The van der Waals surface area contributed by atoms with E-state index >= 15 is 0 Å². The minimum atomic E-state index is -1.15. The fourth-order valence-corrected chi connectivity index (χ4v) is 7.25. The van der Waals surface area contributed by atoms with E-state index < -0.39 is 11.9 Å². The van der Waals surface area contributed by atoms with Crippen LogP contribution >= 0.6 is 11.3 Å². The van der Waals surface area contributed by atoms with Gasteiger partial charge in [-0.3, -0.25) is 19.7 Å². The molecule has 1 aliphatic carbocycles. The monoisotopic (exact) mass is 569 g/mol. The molecule has 1 saturated heterocycles. The van der Waals surface area contributed by atoms with Crippen molar-refractivity contribution in [1.29, 1.82) is 0 Å². The molecule has 0 atom stereocenters. The minimum Gasteiger partial charge on any atom is -0.477 e. The lowest BCUT2D eigenvalue weighted by Gasteiger charge is -2.37. The van der Waals surface area contributed by atoms with Gasteiger partial charge in [0, 0.05) is 54.7 Å². The third kappa shape index (κ3) is 5.01. The number of amides is 1. The van der Waals surface area contributed by atoms with Gasteiger partial charge in [-0.1, -0.05) is 25.0 Å². The van der Waals surface area contributed by atoms with Crippen LogP contribution in [-0.4, -0.2) is 79.2 Å². The number of aromatic amines is 2. The van der Waals surface area contributed by atoms with Gasteiger partial charge in [0.05, 0.1) is 23.9 Å². The van der Waals surface area contributed by atoms with Gasteiger partial charge >= 0.3 is 5.97 Å². The van der Waals surface area contributed by atoms with Crippen molar-refractivity contribution < 1.29 is 14.7 Å². The number of nitrogens with zero attached hydrogens (tertiary/aromatic N) is 4. The molecule has 2 aromatic carbocycles. The summed E-state index contributed by atoms with van der Waals surface area (Å²) in [6.07, 6.45) is 8.79. The number of carboxylic acid groups (broad SMARTS) is 1. The van der Waals surface area contributed by atoms with Crippen LogP contribution in [0.5, 0.6) is 0 Å². The zero-order valence-electron chi connectivity index (χ0n) is 22.5. The fourth-order valence-electron chi connectivity index (χ4n) is 6.31. The molecule has 41 heavy (non-hydrogen) atoms. The number of nitrogens with one attached hydrogen (secondary N) is 3. The maximum Gasteiger partial charge on any atom is 0.348 e. The number of carbonyl (C=O) groups is 2. The fraction of sp³-hybridized carbons (Fsp3) is 0.333. The lowest BCUT2D eigenvalue weighted by Crippen LogP contribution is -2.49. The van der Waals surface area contributed by atoms with E-state index in [4.69, 9.17) is 0 Å². The zero-order chi connectivity index (χ0) is 27.9. The minimum absolute atomic E-state index is 0.0428. The first-order valence-corrected chi connectivity index (χ1v) is 14.9. The molecule has 10 nitrogen and oxygen atoms in total. The average Bonchev–Trinajstić information content (AvgIpc) is 3.79. The molecule has 0 unspecified atom stereocenters. The summed E-state index contributed by atoms with van der Waals surface area (Å²) in [5.74, 6) is -1.69. The van der Waals surface area contributed by atoms with E-state index in [0.717, 1.165) is 70.4 Å². The highest BCUT2D eigenvalue weighted by Crippen LogP contribution is 2.34. The number of carboxylic acids is 1. The van der Waals surface area contributed by atoms with E-state index in [9.17, 15) is 14.7 Å². The number of H-pyrrole nitrogens is 2. The Morgan fingerprint density at radius 2 is 1.88 bits per heavy atom. The molecule has 0 spiro atoms. The van der Waals surface area contributed by atoms with Crippen LogP contribution in [0.1, 0.15) is 50.9 Å².